The van der Waals surface area contributed by atoms with Crippen LogP contribution in [0.1, 0.15) is 27.3 Å². The van der Waals surface area contributed by atoms with Crippen molar-refractivity contribution in [2.45, 2.75) is 13.5 Å². The minimum Gasteiger partial charge on any atom is -0.456 e. The standard InChI is InChI=1S/C24H17N3O3/c1-16-7-6-12-22-26-18(13-23(28)27(16)22)15-30-24(29)21-11-5-4-10-20(21)19-9-3-2-8-17(19)14-25/h2-13H,15H2,1H3. The van der Waals surface area contributed by atoms with Crippen molar-refractivity contribution in [3.8, 4) is 17.2 Å². The molecule has 0 aliphatic carbocycles. The second kappa shape index (κ2) is 8.02. The molecular weight excluding hydrogens is 378 g/mol. The Balaban J connectivity index is 1.63. The lowest BCUT2D eigenvalue weighted by Gasteiger charge is -2.11. The summed E-state index contributed by atoms with van der Waals surface area (Å²) in [6, 6.07) is 22.9. The Bertz CT molecular complexity index is 1370. The van der Waals surface area contributed by atoms with Gasteiger partial charge in [0.2, 0.25) is 0 Å². The number of hydrogen-bond acceptors (Lipinski definition) is 5. The van der Waals surface area contributed by atoms with Crippen molar-refractivity contribution in [1.29, 1.82) is 5.26 Å². The molecule has 0 radical (unpaired) electrons. The van der Waals surface area contributed by atoms with Crippen LogP contribution in [0.4, 0.5) is 0 Å². The fourth-order valence-corrected chi connectivity index (χ4v) is 3.37. The van der Waals surface area contributed by atoms with Gasteiger partial charge in [0.05, 0.1) is 22.9 Å². The minimum atomic E-state index is -0.551. The third-order valence-corrected chi connectivity index (χ3v) is 4.77. The van der Waals surface area contributed by atoms with Gasteiger partial charge < -0.3 is 4.74 Å². The molecule has 0 aliphatic heterocycles. The average Bonchev–Trinajstić information content (AvgIpc) is 2.77. The van der Waals surface area contributed by atoms with Crippen LogP contribution in [0.5, 0.6) is 0 Å². The summed E-state index contributed by atoms with van der Waals surface area (Å²) in [5, 5.41) is 9.39. The van der Waals surface area contributed by atoms with E-state index in [1.54, 1.807) is 48.5 Å². The highest BCUT2D eigenvalue weighted by Gasteiger charge is 2.16. The molecule has 0 atom stereocenters. The molecule has 0 saturated carbocycles. The summed E-state index contributed by atoms with van der Waals surface area (Å²) in [4.78, 5) is 29.6. The van der Waals surface area contributed by atoms with E-state index in [4.69, 9.17) is 4.74 Å². The highest BCUT2D eigenvalue weighted by Crippen LogP contribution is 2.27. The van der Waals surface area contributed by atoms with Crippen LogP contribution in [0.3, 0.4) is 0 Å². The summed E-state index contributed by atoms with van der Waals surface area (Å²) in [7, 11) is 0. The van der Waals surface area contributed by atoms with E-state index in [2.05, 4.69) is 11.1 Å². The van der Waals surface area contributed by atoms with Crippen molar-refractivity contribution in [1.82, 2.24) is 9.38 Å². The molecular formula is C24H17N3O3. The van der Waals surface area contributed by atoms with Crippen LogP contribution in [0, 0.1) is 18.3 Å². The van der Waals surface area contributed by atoms with Gasteiger partial charge in [-0.1, -0.05) is 42.5 Å². The summed E-state index contributed by atoms with van der Waals surface area (Å²) in [6.07, 6.45) is 0. The van der Waals surface area contributed by atoms with E-state index in [0.29, 0.717) is 33.6 Å². The van der Waals surface area contributed by atoms with Crippen molar-refractivity contribution >= 4 is 11.6 Å². The van der Waals surface area contributed by atoms with E-state index in [-0.39, 0.29) is 12.2 Å². The molecule has 2 aromatic carbocycles. The number of nitrogens with zero attached hydrogens (tertiary/aromatic N) is 3. The maximum atomic E-state index is 12.8. The monoisotopic (exact) mass is 395 g/mol. The predicted molar refractivity (Wildman–Crippen MR) is 112 cm³/mol. The van der Waals surface area contributed by atoms with Crippen LogP contribution < -0.4 is 5.56 Å². The van der Waals surface area contributed by atoms with E-state index in [1.807, 2.05) is 25.1 Å². The Morgan fingerprint density at radius 2 is 1.77 bits per heavy atom. The molecule has 0 spiro atoms. The first-order chi connectivity index (χ1) is 14.6. The molecule has 4 aromatic rings. The smallest absolute Gasteiger partial charge is 0.339 e. The molecule has 0 unspecified atom stereocenters. The first-order valence-electron chi connectivity index (χ1n) is 9.32. The molecule has 0 N–H and O–H groups in total. The highest BCUT2D eigenvalue weighted by molar-refractivity contribution is 5.98. The molecule has 146 valence electrons. The van der Waals surface area contributed by atoms with Crippen LogP contribution >= 0.6 is 0 Å². The first kappa shape index (κ1) is 19.1. The number of pyridine rings is 1. The maximum Gasteiger partial charge on any atom is 0.339 e. The number of fused-ring (bicyclic) bond motifs is 1. The number of carbonyl (C=O) groups excluding carboxylic acids is 1. The summed E-state index contributed by atoms with van der Waals surface area (Å²) in [5.74, 6) is -0.551. The molecule has 6 heteroatoms. The van der Waals surface area contributed by atoms with Crippen LogP contribution in [0.15, 0.2) is 77.6 Å². The zero-order valence-corrected chi connectivity index (χ0v) is 16.2. The van der Waals surface area contributed by atoms with Crippen molar-refractivity contribution in [3.63, 3.8) is 0 Å². The van der Waals surface area contributed by atoms with Gasteiger partial charge in [0.15, 0.2) is 0 Å². The average molecular weight is 395 g/mol. The number of esters is 1. The fourth-order valence-electron chi connectivity index (χ4n) is 3.37. The molecule has 2 aromatic heterocycles. The number of benzene rings is 2. The van der Waals surface area contributed by atoms with E-state index in [0.717, 1.165) is 5.69 Å². The third kappa shape index (κ3) is 3.56. The lowest BCUT2D eigenvalue weighted by Crippen LogP contribution is -2.18. The Hall–Kier alpha value is -4.24. The lowest BCUT2D eigenvalue weighted by molar-refractivity contribution is 0.0468. The molecule has 2 heterocycles. The van der Waals surface area contributed by atoms with Gasteiger partial charge in [-0.25, -0.2) is 9.78 Å². The molecule has 4 rings (SSSR count). The third-order valence-electron chi connectivity index (χ3n) is 4.77. The van der Waals surface area contributed by atoms with Crippen molar-refractivity contribution in [2.24, 2.45) is 0 Å². The predicted octanol–water partition coefficient (Wildman–Crippen LogP) is 3.90. The van der Waals surface area contributed by atoms with E-state index < -0.39 is 5.97 Å². The summed E-state index contributed by atoms with van der Waals surface area (Å²) < 4.78 is 6.95. The van der Waals surface area contributed by atoms with Crippen LogP contribution in [-0.4, -0.2) is 15.4 Å². The molecule has 0 bridgehead atoms. The summed E-state index contributed by atoms with van der Waals surface area (Å²) in [6.45, 7) is 1.69. The number of aryl methyl sites for hydroxylation is 1. The van der Waals surface area contributed by atoms with Crippen LogP contribution in [0.25, 0.3) is 16.8 Å². The molecule has 0 aliphatic rings. The minimum absolute atomic E-state index is 0.132. The second-order valence-electron chi connectivity index (χ2n) is 6.73. The Morgan fingerprint density at radius 3 is 2.57 bits per heavy atom. The number of hydrogen-bond donors (Lipinski definition) is 0. The zero-order valence-electron chi connectivity index (χ0n) is 16.2. The van der Waals surface area contributed by atoms with E-state index in [1.165, 1.54) is 10.5 Å². The molecule has 0 saturated heterocycles. The number of carbonyl (C=O) groups is 1. The summed E-state index contributed by atoms with van der Waals surface area (Å²) >= 11 is 0. The second-order valence-corrected chi connectivity index (χ2v) is 6.73. The molecule has 0 fully saturated rings. The van der Waals surface area contributed by atoms with Crippen molar-refractivity contribution < 1.29 is 9.53 Å². The van der Waals surface area contributed by atoms with Gasteiger partial charge in [0.25, 0.3) is 5.56 Å². The fraction of sp³-hybridized carbons (Fsp3) is 0.0833. The first-order valence-corrected chi connectivity index (χ1v) is 9.32. The van der Waals surface area contributed by atoms with Gasteiger partial charge in [-0.3, -0.25) is 9.20 Å². The number of rotatable bonds is 4. The molecule has 0 amide bonds. The van der Waals surface area contributed by atoms with Gasteiger partial charge in [-0.2, -0.15) is 5.26 Å². The van der Waals surface area contributed by atoms with E-state index in [9.17, 15) is 14.9 Å². The van der Waals surface area contributed by atoms with Crippen molar-refractivity contribution in [2.75, 3.05) is 0 Å². The SMILES string of the molecule is Cc1cccc2nc(COC(=O)c3ccccc3-c3ccccc3C#N)cc(=O)n12. The largest absolute Gasteiger partial charge is 0.456 e. The quantitative estimate of drug-likeness (QED) is 0.489. The Kier molecular flexibility index (Phi) is 5.10. The van der Waals surface area contributed by atoms with Crippen LogP contribution in [-0.2, 0) is 11.3 Å². The Labute approximate surface area is 172 Å². The topological polar surface area (TPSA) is 84.5 Å². The van der Waals surface area contributed by atoms with Crippen molar-refractivity contribution in [3.05, 3.63) is 106 Å². The molecule has 30 heavy (non-hydrogen) atoms. The Morgan fingerprint density at radius 1 is 1.03 bits per heavy atom. The van der Waals surface area contributed by atoms with Gasteiger partial charge in [-0.05, 0) is 36.8 Å². The normalized spacial score (nSPS) is 10.5. The number of nitriles is 1. The highest BCUT2D eigenvalue weighted by atomic mass is 16.5. The van der Waals surface area contributed by atoms with Gasteiger partial charge in [-0.15, -0.1) is 0 Å². The lowest BCUT2D eigenvalue weighted by atomic mass is 9.96. The number of aromatic nitrogens is 2. The number of ether oxygens (including phenoxy) is 1. The zero-order chi connectivity index (χ0) is 21.1. The summed E-state index contributed by atoms with van der Waals surface area (Å²) in [5.41, 5.74) is 3.50. The van der Waals surface area contributed by atoms with E-state index >= 15 is 0 Å². The van der Waals surface area contributed by atoms with Crippen LogP contribution in [0.2, 0.25) is 0 Å². The van der Waals surface area contributed by atoms with Gasteiger partial charge in [0.1, 0.15) is 12.3 Å². The van der Waals surface area contributed by atoms with Gasteiger partial charge >= 0.3 is 5.97 Å². The molecule has 6 nitrogen and oxygen atoms in total. The maximum absolute atomic E-state index is 12.8. The van der Waals surface area contributed by atoms with Gasteiger partial charge in [0, 0.05) is 17.3 Å².